The van der Waals surface area contributed by atoms with Gasteiger partial charge in [0.25, 0.3) is 0 Å². The van der Waals surface area contributed by atoms with Crippen LogP contribution in [0.1, 0.15) is 32.2 Å². The summed E-state index contributed by atoms with van der Waals surface area (Å²) in [5, 5.41) is 3.26. The van der Waals surface area contributed by atoms with Gasteiger partial charge in [0.05, 0.1) is 18.6 Å². The van der Waals surface area contributed by atoms with E-state index in [1.54, 1.807) is 13.3 Å². The smallest absolute Gasteiger partial charge is 0.332 e. The van der Waals surface area contributed by atoms with Crippen molar-refractivity contribution < 1.29 is 9.53 Å². The van der Waals surface area contributed by atoms with Crippen molar-refractivity contribution in [3.05, 3.63) is 17.7 Å². The fraction of sp³-hybridized carbons (Fsp3) is 0.636. The summed E-state index contributed by atoms with van der Waals surface area (Å²) in [6.45, 7) is 6.05. The number of hydrogen-bond acceptors (Lipinski definition) is 4. The van der Waals surface area contributed by atoms with E-state index in [-0.39, 0.29) is 12.0 Å². The summed E-state index contributed by atoms with van der Waals surface area (Å²) in [6, 6.07) is 0.224. The third kappa shape index (κ3) is 1.61. The Kier molecular flexibility index (Phi) is 2.71. The average Bonchev–Trinajstić information content (AvgIpc) is 2.66. The first-order chi connectivity index (χ1) is 7.58. The topological polar surface area (TPSA) is 67.0 Å². The Morgan fingerprint density at radius 1 is 1.75 bits per heavy atom. The van der Waals surface area contributed by atoms with E-state index in [4.69, 9.17) is 4.74 Å². The number of carbonyl (C=O) groups is 1. The lowest BCUT2D eigenvalue weighted by Gasteiger charge is -2.35. The van der Waals surface area contributed by atoms with Crippen LogP contribution in [0.15, 0.2) is 6.33 Å². The van der Waals surface area contributed by atoms with E-state index in [1.165, 1.54) is 0 Å². The highest BCUT2D eigenvalue weighted by atomic mass is 16.5. The van der Waals surface area contributed by atoms with Crippen LogP contribution in [0, 0.1) is 0 Å². The largest absolute Gasteiger partial charge is 0.464 e. The highest BCUT2D eigenvalue weighted by molar-refractivity contribution is 5.82. The molecule has 0 unspecified atom stereocenters. The van der Waals surface area contributed by atoms with Crippen molar-refractivity contribution >= 4 is 5.97 Å². The predicted molar refractivity (Wildman–Crippen MR) is 58.9 cm³/mol. The van der Waals surface area contributed by atoms with Gasteiger partial charge in [0.1, 0.15) is 0 Å². The van der Waals surface area contributed by atoms with Gasteiger partial charge in [0.15, 0.2) is 5.54 Å². The molecular formula is C11H17N3O2. The van der Waals surface area contributed by atoms with E-state index >= 15 is 0 Å². The van der Waals surface area contributed by atoms with Crippen LogP contribution >= 0.6 is 0 Å². The van der Waals surface area contributed by atoms with Gasteiger partial charge < -0.3 is 9.72 Å². The normalized spacial score (nSPS) is 28.6. The van der Waals surface area contributed by atoms with Gasteiger partial charge in [-0.2, -0.15) is 0 Å². The van der Waals surface area contributed by atoms with E-state index in [0.717, 1.165) is 17.8 Å². The molecular weight excluding hydrogens is 206 g/mol. The molecule has 16 heavy (non-hydrogen) atoms. The fourth-order valence-corrected chi connectivity index (χ4v) is 2.26. The molecule has 0 fully saturated rings. The van der Waals surface area contributed by atoms with Gasteiger partial charge in [-0.05, 0) is 20.8 Å². The maximum absolute atomic E-state index is 12.0. The summed E-state index contributed by atoms with van der Waals surface area (Å²) in [4.78, 5) is 19.3. The Bertz CT molecular complexity index is 402. The van der Waals surface area contributed by atoms with Crippen LogP contribution in [0.3, 0.4) is 0 Å². The van der Waals surface area contributed by atoms with Crippen molar-refractivity contribution in [3.63, 3.8) is 0 Å². The minimum atomic E-state index is -0.830. The van der Waals surface area contributed by atoms with E-state index in [2.05, 4.69) is 15.3 Å². The van der Waals surface area contributed by atoms with Gasteiger partial charge in [0.2, 0.25) is 0 Å². The molecule has 0 aromatic carbocycles. The molecule has 0 aliphatic carbocycles. The molecule has 2 N–H and O–H groups in total. The molecule has 5 nitrogen and oxygen atoms in total. The van der Waals surface area contributed by atoms with Crippen molar-refractivity contribution in [2.45, 2.75) is 38.8 Å². The lowest BCUT2D eigenvalue weighted by atomic mass is 9.88. The number of nitrogens with zero attached hydrogens (tertiary/aromatic N) is 1. The Morgan fingerprint density at radius 2 is 2.50 bits per heavy atom. The molecule has 0 bridgehead atoms. The summed E-state index contributed by atoms with van der Waals surface area (Å²) in [6.07, 6.45) is 2.48. The zero-order chi connectivity index (χ0) is 11.8. The number of esters is 1. The number of carbonyl (C=O) groups excluding carboxylic acids is 1. The number of rotatable bonds is 2. The molecule has 2 rings (SSSR count). The van der Waals surface area contributed by atoms with Crippen LogP contribution in [0.4, 0.5) is 0 Å². The molecule has 1 aliphatic rings. The molecule has 1 aromatic heterocycles. The number of H-pyrrole nitrogens is 1. The lowest BCUT2D eigenvalue weighted by molar-refractivity contribution is -0.151. The van der Waals surface area contributed by atoms with Gasteiger partial charge in [-0.15, -0.1) is 0 Å². The molecule has 0 saturated heterocycles. The quantitative estimate of drug-likeness (QED) is 0.725. The van der Waals surface area contributed by atoms with Crippen LogP contribution in [0.2, 0.25) is 0 Å². The Balaban J connectivity index is 2.38. The molecule has 88 valence electrons. The minimum Gasteiger partial charge on any atom is -0.464 e. The molecule has 5 heteroatoms. The molecule has 2 atom stereocenters. The van der Waals surface area contributed by atoms with Crippen LogP contribution in [0.25, 0.3) is 0 Å². The van der Waals surface area contributed by atoms with Crippen LogP contribution in [-0.2, 0) is 21.5 Å². The van der Waals surface area contributed by atoms with E-state index < -0.39 is 5.54 Å². The third-order valence-corrected chi connectivity index (χ3v) is 2.92. The summed E-state index contributed by atoms with van der Waals surface area (Å²) < 4.78 is 5.10. The second-order valence-corrected chi connectivity index (χ2v) is 4.32. The van der Waals surface area contributed by atoms with E-state index in [0.29, 0.717) is 6.61 Å². The number of aromatic nitrogens is 2. The summed E-state index contributed by atoms with van der Waals surface area (Å²) >= 11 is 0. The van der Waals surface area contributed by atoms with Gasteiger partial charge in [-0.3, -0.25) is 5.32 Å². The zero-order valence-corrected chi connectivity index (χ0v) is 9.83. The number of fused-ring (bicyclic) bond motifs is 1. The SMILES string of the molecule is CCOC(=O)[C@]1(C)N[C@@H](C)Cc2[nH]cnc21. The Morgan fingerprint density at radius 3 is 3.19 bits per heavy atom. The minimum absolute atomic E-state index is 0.224. The van der Waals surface area contributed by atoms with Gasteiger partial charge >= 0.3 is 5.97 Å². The molecule has 1 aromatic rings. The molecule has 0 radical (unpaired) electrons. The molecule has 0 amide bonds. The predicted octanol–water partition coefficient (Wildman–Crippen LogP) is 0.722. The number of imidazole rings is 1. The second kappa shape index (κ2) is 3.90. The first-order valence-electron chi connectivity index (χ1n) is 5.55. The van der Waals surface area contributed by atoms with Gasteiger partial charge in [-0.25, -0.2) is 9.78 Å². The zero-order valence-electron chi connectivity index (χ0n) is 9.83. The number of nitrogens with one attached hydrogen (secondary N) is 2. The summed E-state index contributed by atoms with van der Waals surface area (Å²) in [7, 11) is 0. The van der Waals surface area contributed by atoms with E-state index in [9.17, 15) is 4.79 Å². The van der Waals surface area contributed by atoms with E-state index in [1.807, 2.05) is 13.8 Å². The van der Waals surface area contributed by atoms with Gasteiger partial charge in [0, 0.05) is 18.2 Å². The molecule has 0 saturated carbocycles. The van der Waals surface area contributed by atoms with Crippen molar-refractivity contribution in [3.8, 4) is 0 Å². The van der Waals surface area contributed by atoms with Crippen LogP contribution < -0.4 is 5.32 Å². The monoisotopic (exact) mass is 223 g/mol. The highest BCUT2D eigenvalue weighted by Gasteiger charge is 2.44. The number of ether oxygens (including phenoxy) is 1. The maximum Gasteiger partial charge on any atom is 0.332 e. The van der Waals surface area contributed by atoms with Crippen molar-refractivity contribution in [2.24, 2.45) is 0 Å². The first-order valence-corrected chi connectivity index (χ1v) is 5.55. The number of aromatic amines is 1. The number of hydrogen-bond donors (Lipinski definition) is 2. The summed E-state index contributed by atoms with van der Waals surface area (Å²) in [5.74, 6) is -0.269. The first kappa shape index (κ1) is 11.1. The molecule has 2 heterocycles. The second-order valence-electron chi connectivity index (χ2n) is 4.32. The maximum atomic E-state index is 12.0. The van der Waals surface area contributed by atoms with Crippen molar-refractivity contribution in [2.75, 3.05) is 6.61 Å². The van der Waals surface area contributed by atoms with Gasteiger partial charge in [-0.1, -0.05) is 0 Å². The lowest BCUT2D eigenvalue weighted by Crippen LogP contribution is -2.55. The molecule has 0 spiro atoms. The Hall–Kier alpha value is -1.36. The third-order valence-electron chi connectivity index (χ3n) is 2.92. The Labute approximate surface area is 94.6 Å². The van der Waals surface area contributed by atoms with Crippen molar-refractivity contribution in [1.82, 2.24) is 15.3 Å². The van der Waals surface area contributed by atoms with Crippen molar-refractivity contribution in [1.29, 1.82) is 0 Å². The standard InChI is InChI=1S/C11H17N3O2/c1-4-16-10(15)11(3)9-8(12-6-13-9)5-7(2)14-11/h6-7,14H,4-5H2,1-3H3,(H,12,13)/t7-,11+/m0/s1. The van der Waals surface area contributed by atoms with Crippen LogP contribution in [-0.4, -0.2) is 28.6 Å². The highest BCUT2D eigenvalue weighted by Crippen LogP contribution is 2.29. The average molecular weight is 223 g/mol. The fourth-order valence-electron chi connectivity index (χ4n) is 2.26. The van der Waals surface area contributed by atoms with Crippen LogP contribution in [0.5, 0.6) is 0 Å². The summed E-state index contributed by atoms with van der Waals surface area (Å²) in [5.41, 5.74) is 0.939. The molecule has 1 aliphatic heterocycles.